The number of hydrogen-bond acceptors (Lipinski definition) is 6. The quantitative estimate of drug-likeness (QED) is 0.217. The molecule has 31 heavy (non-hydrogen) atoms. The molecule has 0 amide bonds. The second kappa shape index (κ2) is 8.60. The molecule has 0 unspecified atom stereocenters. The Morgan fingerprint density at radius 1 is 1.10 bits per heavy atom. The highest BCUT2D eigenvalue weighted by molar-refractivity contribution is 6.10. The van der Waals surface area contributed by atoms with Gasteiger partial charge < -0.3 is 25.2 Å². The zero-order valence-electron chi connectivity index (χ0n) is 17.7. The van der Waals surface area contributed by atoms with Crippen molar-refractivity contribution in [1.29, 1.82) is 0 Å². The molecule has 0 aliphatic carbocycles. The third-order valence-electron chi connectivity index (χ3n) is 5.13. The lowest BCUT2D eigenvalue weighted by atomic mass is 9.92. The van der Waals surface area contributed by atoms with Crippen LogP contribution in [0.1, 0.15) is 55.1 Å². The third kappa shape index (κ3) is 4.74. The van der Waals surface area contributed by atoms with Crippen LogP contribution in [0.25, 0.3) is 12.2 Å². The Morgan fingerprint density at radius 3 is 2.42 bits per heavy atom. The maximum absolute atomic E-state index is 12.6. The van der Waals surface area contributed by atoms with E-state index in [9.17, 15) is 25.2 Å². The maximum atomic E-state index is 12.6. The van der Waals surface area contributed by atoms with E-state index in [0.717, 1.165) is 18.6 Å². The molecule has 1 atom stereocenters. The fourth-order valence-corrected chi connectivity index (χ4v) is 3.38. The van der Waals surface area contributed by atoms with Crippen molar-refractivity contribution in [1.82, 2.24) is 0 Å². The van der Waals surface area contributed by atoms with E-state index in [-0.39, 0.29) is 45.4 Å². The van der Waals surface area contributed by atoms with Crippen LogP contribution in [0.4, 0.5) is 0 Å². The highest BCUT2D eigenvalue weighted by atomic mass is 16.5. The van der Waals surface area contributed by atoms with E-state index in [0.29, 0.717) is 6.42 Å². The van der Waals surface area contributed by atoms with Gasteiger partial charge in [0.2, 0.25) is 0 Å². The first-order chi connectivity index (χ1) is 14.6. The first-order valence-electron chi connectivity index (χ1n) is 9.95. The Balaban J connectivity index is 1.89. The van der Waals surface area contributed by atoms with Crippen LogP contribution in [0, 0.1) is 0 Å². The number of carbonyl (C=O) groups is 1. The molecular formula is C25H26O6. The Hall–Kier alpha value is -3.67. The second-order valence-corrected chi connectivity index (χ2v) is 8.01. The van der Waals surface area contributed by atoms with Gasteiger partial charge in [0.25, 0.3) is 0 Å². The second-order valence-electron chi connectivity index (χ2n) is 8.01. The van der Waals surface area contributed by atoms with Crippen molar-refractivity contribution < 1.29 is 30.0 Å². The Bertz CT molecular complexity index is 1090. The summed E-state index contributed by atoms with van der Waals surface area (Å²) >= 11 is 0. The molecule has 2 aromatic rings. The average Bonchev–Trinajstić information content (AvgIpc) is 2.69. The standard InChI is InChI=1S/C25H26O6/c1-15(2)6-5-12-25(3)13-11-17-23(30)18(14-22(29)24(17)31-25)21(28)10-9-16-19(26)7-4-8-20(16)27/h4,6-11,13-14,26-27,29-30H,5,12H2,1-3H3/t25-/m1/s1. The minimum Gasteiger partial charge on any atom is -0.507 e. The van der Waals surface area contributed by atoms with Gasteiger partial charge in [-0.15, -0.1) is 0 Å². The Morgan fingerprint density at radius 2 is 1.77 bits per heavy atom. The van der Waals surface area contributed by atoms with Crippen LogP contribution in [0.2, 0.25) is 0 Å². The minimum atomic E-state index is -0.656. The van der Waals surface area contributed by atoms with Crippen LogP contribution in [-0.4, -0.2) is 31.8 Å². The zero-order chi connectivity index (χ0) is 22.8. The molecule has 0 spiro atoms. The Kier molecular flexibility index (Phi) is 6.11. The van der Waals surface area contributed by atoms with Crippen molar-refractivity contribution in [3.05, 3.63) is 64.8 Å². The number of benzene rings is 2. The largest absolute Gasteiger partial charge is 0.507 e. The van der Waals surface area contributed by atoms with Crippen LogP contribution in [-0.2, 0) is 0 Å². The highest BCUT2D eigenvalue weighted by Gasteiger charge is 2.31. The summed E-state index contributed by atoms with van der Waals surface area (Å²) in [5.41, 5.74) is 0.729. The van der Waals surface area contributed by atoms with Crippen LogP contribution in [0.5, 0.6) is 28.7 Å². The molecule has 2 aromatic carbocycles. The van der Waals surface area contributed by atoms with Crippen molar-refractivity contribution in [2.24, 2.45) is 0 Å². The van der Waals surface area contributed by atoms with Crippen LogP contribution >= 0.6 is 0 Å². The zero-order valence-corrected chi connectivity index (χ0v) is 17.7. The van der Waals surface area contributed by atoms with Gasteiger partial charge in [0, 0.05) is 0 Å². The fraction of sp³-hybridized carbons (Fsp3) is 0.240. The van der Waals surface area contributed by atoms with E-state index in [1.54, 1.807) is 12.2 Å². The predicted octanol–water partition coefficient (Wildman–Crippen LogP) is 5.32. The highest BCUT2D eigenvalue weighted by Crippen LogP contribution is 2.46. The van der Waals surface area contributed by atoms with Crippen LogP contribution in [0.15, 0.2) is 48.1 Å². The molecule has 1 aliphatic rings. The first kappa shape index (κ1) is 22.0. The normalized spacial score (nSPS) is 17.3. The molecule has 162 valence electrons. The summed E-state index contributed by atoms with van der Waals surface area (Å²) in [5, 5.41) is 40.8. The lowest BCUT2D eigenvalue weighted by Gasteiger charge is -2.32. The third-order valence-corrected chi connectivity index (χ3v) is 5.13. The molecule has 1 aliphatic heterocycles. The van der Waals surface area contributed by atoms with Crippen molar-refractivity contribution in [2.75, 3.05) is 0 Å². The molecule has 0 bridgehead atoms. The lowest BCUT2D eigenvalue weighted by Crippen LogP contribution is -2.31. The van der Waals surface area contributed by atoms with E-state index in [1.165, 1.54) is 29.8 Å². The fourth-order valence-electron chi connectivity index (χ4n) is 3.38. The minimum absolute atomic E-state index is 0.0767. The number of phenols is 4. The Labute approximate surface area is 181 Å². The molecule has 1 heterocycles. The van der Waals surface area contributed by atoms with Gasteiger partial charge in [-0.3, -0.25) is 4.79 Å². The van der Waals surface area contributed by atoms with Gasteiger partial charge in [-0.1, -0.05) is 17.7 Å². The summed E-state index contributed by atoms with van der Waals surface area (Å²) in [6.45, 7) is 5.93. The number of ketones is 1. The molecule has 0 saturated carbocycles. The maximum Gasteiger partial charge on any atom is 0.189 e. The van der Waals surface area contributed by atoms with Crippen molar-refractivity contribution >= 4 is 17.9 Å². The molecule has 0 fully saturated rings. The number of phenolic OH excluding ortho intramolecular Hbond substituents is 4. The lowest BCUT2D eigenvalue weighted by molar-refractivity contribution is 0.104. The van der Waals surface area contributed by atoms with Crippen molar-refractivity contribution in [3.63, 3.8) is 0 Å². The number of rotatable bonds is 6. The first-order valence-corrected chi connectivity index (χ1v) is 9.95. The van der Waals surface area contributed by atoms with Gasteiger partial charge in [0.15, 0.2) is 17.3 Å². The smallest absolute Gasteiger partial charge is 0.189 e. The number of fused-ring (bicyclic) bond motifs is 1. The van der Waals surface area contributed by atoms with Crippen molar-refractivity contribution in [2.45, 2.75) is 39.2 Å². The van der Waals surface area contributed by atoms with Crippen molar-refractivity contribution in [3.8, 4) is 28.7 Å². The van der Waals surface area contributed by atoms with E-state index in [1.807, 2.05) is 20.8 Å². The van der Waals surface area contributed by atoms with E-state index >= 15 is 0 Å². The van der Waals surface area contributed by atoms with E-state index < -0.39 is 11.4 Å². The van der Waals surface area contributed by atoms with Gasteiger partial charge in [-0.05, 0) is 76.1 Å². The van der Waals surface area contributed by atoms with Gasteiger partial charge >= 0.3 is 0 Å². The average molecular weight is 422 g/mol. The number of ether oxygens (including phenoxy) is 1. The number of hydrogen-bond donors (Lipinski definition) is 4. The summed E-state index contributed by atoms with van der Waals surface area (Å²) in [5.74, 6) is -1.43. The van der Waals surface area contributed by atoms with Crippen LogP contribution in [0.3, 0.4) is 0 Å². The number of aromatic hydroxyl groups is 4. The number of allylic oxidation sites excluding steroid dienone is 3. The summed E-state index contributed by atoms with van der Waals surface area (Å²) in [6.07, 6.45) is 9.38. The molecule has 0 aromatic heterocycles. The van der Waals surface area contributed by atoms with E-state index in [4.69, 9.17) is 4.74 Å². The summed E-state index contributed by atoms with van der Waals surface area (Å²) in [7, 11) is 0. The molecule has 6 heteroatoms. The summed E-state index contributed by atoms with van der Waals surface area (Å²) in [6, 6.07) is 5.38. The molecule has 3 rings (SSSR count). The molecule has 0 radical (unpaired) electrons. The molecule has 6 nitrogen and oxygen atoms in total. The summed E-state index contributed by atoms with van der Waals surface area (Å²) in [4.78, 5) is 12.6. The van der Waals surface area contributed by atoms with E-state index in [2.05, 4.69) is 6.08 Å². The monoisotopic (exact) mass is 422 g/mol. The van der Waals surface area contributed by atoms with Gasteiger partial charge in [-0.25, -0.2) is 0 Å². The topological polar surface area (TPSA) is 107 Å². The van der Waals surface area contributed by atoms with Gasteiger partial charge in [0.1, 0.15) is 22.8 Å². The number of carbonyl (C=O) groups excluding carboxylic acids is 1. The SMILES string of the molecule is CC(C)=CCC[C@]1(C)C=Cc2c(O)c(C(=O)C=Cc3c(O)cccc3O)cc(O)c2O1. The van der Waals surface area contributed by atoms with Crippen LogP contribution < -0.4 is 4.74 Å². The van der Waals surface area contributed by atoms with Gasteiger partial charge in [0.05, 0.1) is 16.7 Å². The summed E-state index contributed by atoms with van der Waals surface area (Å²) < 4.78 is 5.99. The molecule has 0 saturated heterocycles. The molecule has 4 N–H and O–H groups in total. The van der Waals surface area contributed by atoms with Gasteiger partial charge in [-0.2, -0.15) is 0 Å². The molecular weight excluding hydrogens is 396 g/mol. The predicted molar refractivity (Wildman–Crippen MR) is 120 cm³/mol.